The van der Waals surface area contributed by atoms with Crippen molar-refractivity contribution >= 4 is 43.7 Å². The molecule has 3 heterocycles. The van der Waals surface area contributed by atoms with Gasteiger partial charge in [-0.05, 0) is 18.2 Å². The normalized spacial score (nSPS) is 11.9. The van der Waals surface area contributed by atoms with Gasteiger partial charge in [0.05, 0.1) is 16.4 Å². The predicted molar refractivity (Wildman–Crippen MR) is 92.5 cm³/mol. The molecule has 5 rings (SSSR count). The monoisotopic (exact) mass is 317 g/mol. The summed E-state index contributed by atoms with van der Waals surface area (Å²) in [5.74, 6) is 0. The number of hydrogen-bond donors (Lipinski definition) is 0. The van der Waals surface area contributed by atoms with Crippen LogP contribution in [0.5, 0.6) is 0 Å². The smallest absolute Gasteiger partial charge is 0.349 e. The van der Waals surface area contributed by atoms with Crippen molar-refractivity contribution in [3.05, 3.63) is 69.4 Å². The fourth-order valence-corrected chi connectivity index (χ4v) is 3.48. The van der Waals surface area contributed by atoms with Crippen LogP contribution in [-0.4, -0.2) is 4.57 Å². The molecule has 0 spiro atoms. The zero-order valence-electron chi connectivity index (χ0n) is 12.7. The van der Waals surface area contributed by atoms with Crippen molar-refractivity contribution in [1.82, 2.24) is 4.57 Å². The SMILES string of the molecule is Cn1c2c3ccccc3c(=O)oc2c2c(=O)oc3ccccc3c21. The van der Waals surface area contributed by atoms with Gasteiger partial charge in [0.15, 0.2) is 5.58 Å². The molecule has 0 amide bonds. The molecule has 0 aliphatic carbocycles. The van der Waals surface area contributed by atoms with Gasteiger partial charge in [-0.2, -0.15) is 0 Å². The summed E-state index contributed by atoms with van der Waals surface area (Å²) in [6.07, 6.45) is 0. The van der Waals surface area contributed by atoms with Gasteiger partial charge < -0.3 is 13.4 Å². The van der Waals surface area contributed by atoms with Crippen LogP contribution in [0.1, 0.15) is 0 Å². The Bertz CT molecular complexity index is 1400. The van der Waals surface area contributed by atoms with Gasteiger partial charge >= 0.3 is 11.3 Å². The molecule has 5 nitrogen and oxygen atoms in total. The van der Waals surface area contributed by atoms with Crippen molar-refractivity contribution in [3.8, 4) is 0 Å². The second kappa shape index (κ2) is 4.35. The zero-order chi connectivity index (χ0) is 16.4. The summed E-state index contributed by atoms with van der Waals surface area (Å²) in [7, 11) is 1.86. The van der Waals surface area contributed by atoms with Crippen LogP contribution in [0.15, 0.2) is 67.0 Å². The van der Waals surface area contributed by atoms with Gasteiger partial charge in [0.2, 0.25) is 0 Å². The third kappa shape index (κ3) is 1.48. The number of aryl methyl sites for hydroxylation is 1. The van der Waals surface area contributed by atoms with Gasteiger partial charge in [0.25, 0.3) is 0 Å². The maximum Gasteiger partial charge on any atom is 0.349 e. The van der Waals surface area contributed by atoms with Crippen molar-refractivity contribution in [2.75, 3.05) is 0 Å². The number of nitrogens with zero attached hydrogens (tertiary/aromatic N) is 1. The minimum atomic E-state index is -0.507. The van der Waals surface area contributed by atoms with Crippen molar-refractivity contribution < 1.29 is 8.83 Å². The van der Waals surface area contributed by atoms with E-state index in [0.717, 1.165) is 10.8 Å². The largest absolute Gasteiger partial charge is 0.422 e. The minimum absolute atomic E-state index is 0.274. The lowest BCUT2D eigenvalue weighted by atomic mass is 10.1. The van der Waals surface area contributed by atoms with E-state index in [2.05, 4.69) is 0 Å². The summed E-state index contributed by atoms with van der Waals surface area (Å²) in [6, 6.07) is 14.6. The summed E-state index contributed by atoms with van der Waals surface area (Å²) < 4.78 is 12.8. The molecule has 0 aliphatic heterocycles. The number of benzene rings is 2. The van der Waals surface area contributed by atoms with Crippen LogP contribution in [0.2, 0.25) is 0 Å². The molecule has 0 atom stereocenters. The summed E-state index contributed by atoms with van der Waals surface area (Å²) in [6.45, 7) is 0. The van der Waals surface area contributed by atoms with E-state index in [4.69, 9.17) is 8.83 Å². The van der Waals surface area contributed by atoms with Crippen LogP contribution >= 0.6 is 0 Å². The lowest BCUT2D eigenvalue weighted by Gasteiger charge is -2.03. The molecule has 5 aromatic rings. The minimum Gasteiger partial charge on any atom is -0.422 e. The van der Waals surface area contributed by atoms with Gasteiger partial charge in [-0.3, -0.25) is 0 Å². The summed E-state index contributed by atoms with van der Waals surface area (Å²) in [4.78, 5) is 24.8. The molecule has 0 unspecified atom stereocenters. The van der Waals surface area contributed by atoms with Crippen molar-refractivity contribution in [1.29, 1.82) is 0 Å². The first-order chi connectivity index (χ1) is 11.7. The van der Waals surface area contributed by atoms with E-state index < -0.39 is 11.3 Å². The highest BCUT2D eigenvalue weighted by molar-refractivity contribution is 6.18. The molecule has 24 heavy (non-hydrogen) atoms. The third-order valence-electron chi connectivity index (χ3n) is 4.50. The highest BCUT2D eigenvalue weighted by atomic mass is 16.4. The van der Waals surface area contributed by atoms with E-state index in [9.17, 15) is 9.59 Å². The predicted octanol–water partition coefficient (Wildman–Crippen LogP) is 3.54. The molecule has 0 aliphatic rings. The fraction of sp³-hybridized carbons (Fsp3) is 0.0526. The molecule has 0 saturated carbocycles. The Kier molecular flexibility index (Phi) is 2.38. The van der Waals surface area contributed by atoms with Gasteiger partial charge in [-0.25, -0.2) is 9.59 Å². The number of rotatable bonds is 0. The highest BCUT2D eigenvalue weighted by Crippen LogP contribution is 2.33. The molecular weight excluding hydrogens is 306 g/mol. The molecule has 0 saturated heterocycles. The van der Waals surface area contributed by atoms with Crippen molar-refractivity contribution in [2.24, 2.45) is 7.05 Å². The Labute approximate surface area is 134 Å². The first-order valence-corrected chi connectivity index (χ1v) is 7.52. The van der Waals surface area contributed by atoms with E-state index in [1.165, 1.54) is 0 Å². The average molecular weight is 317 g/mol. The molecule has 5 heteroatoms. The van der Waals surface area contributed by atoms with E-state index in [1.54, 1.807) is 18.2 Å². The van der Waals surface area contributed by atoms with Crippen LogP contribution < -0.4 is 11.3 Å². The lowest BCUT2D eigenvalue weighted by Crippen LogP contribution is -2.01. The summed E-state index contributed by atoms with van der Waals surface area (Å²) >= 11 is 0. The van der Waals surface area contributed by atoms with Crippen LogP contribution in [0.4, 0.5) is 0 Å². The molecule has 2 aromatic carbocycles. The van der Waals surface area contributed by atoms with Crippen LogP contribution in [0.3, 0.4) is 0 Å². The molecule has 0 radical (unpaired) electrons. The number of para-hydroxylation sites is 1. The van der Waals surface area contributed by atoms with E-state index in [1.807, 2.05) is 41.9 Å². The van der Waals surface area contributed by atoms with E-state index >= 15 is 0 Å². The van der Waals surface area contributed by atoms with Crippen LogP contribution in [-0.2, 0) is 7.05 Å². The maximum atomic E-state index is 12.5. The Hall–Kier alpha value is -3.34. The van der Waals surface area contributed by atoms with E-state index in [-0.39, 0.29) is 5.58 Å². The molecule has 0 fully saturated rings. The Morgan fingerprint density at radius 3 is 2.21 bits per heavy atom. The quantitative estimate of drug-likeness (QED) is 0.410. The molecular formula is C19H11NO4. The highest BCUT2D eigenvalue weighted by Gasteiger charge is 2.21. The van der Waals surface area contributed by atoms with Gasteiger partial charge in [-0.15, -0.1) is 0 Å². The standard InChI is InChI=1S/C19H11NO4/c1-20-15-12-8-4-5-9-13(12)23-19(22)14(15)17-16(20)10-6-2-3-7-11(10)18(21)24-17/h2-9H,1H3. The Morgan fingerprint density at radius 1 is 0.750 bits per heavy atom. The molecule has 116 valence electrons. The molecule has 3 aromatic heterocycles. The first kappa shape index (κ1) is 13.1. The molecule has 0 N–H and O–H groups in total. The first-order valence-electron chi connectivity index (χ1n) is 7.52. The number of fused-ring (bicyclic) bond motifs is 7. The topological polar surface area (TPSA) is 65.3 Å². The Morgan fingerprint density at radius 2 is 1.42 bits per heavy atom. The maximum absolute atomic E-state index is 12.5. The van der Waals surface area contributed by atoms with Crippen LogP contribution in [0.25, 0.3) is 43.7 Å². The third-order valence-corrected chi connectivity index (χ3v) is 4.50. The van der Waals surface area contributed by atoms with Crippen molar-refractivity contribution in [3.63, 3.8) is 0 Å². The van der Waals surface area contributed by atoms with Gasteiger partial charge in [-0.1, -0.05) is 30.3 Å². The number of hydrogen-bond acceptors (Lipinski definition) is 4. The summed E-state index contributed by atoms with van der Waals surface area (Å²) in [5.41, 5.74) is 1.23. The summed E-state index contributed by atoms with van der Waals surface area (Å²) in [5, 5.41) is 2.35. The van der Waals surface area contributed by atoms with Crippen molar-refractivity contribution in [2.45, 2.75) is 0 Å². The fourth-order valence-electron chi connectivity index (χ4n) is 3.48. The van der Waals surface area contributed by atoms with Gasteiger partial charge in [0, 0.05) is 17.8 Å². The van der Waals surface area contributed by atoms with E-state index in [0.29, 0.717) is 27.4 Å². The van der Waals surface area contributed by atoms with Gasteiger partial charge in [0.1, 0.15) is 11.0 Å². The zero-order valence-corrected chi connectivity index (χ0v) is 12.7. The Balaban J connectivity index is 2.24. The second-order valence-corrected chi connectivity index (χ2v) is 5.78. The van der Waals surface area contributed by atoms with Crippen LogP contribution in [0, 0.1) is 0 Å². The lowest BCUT2D eigenvalue weighted by molar-refractivity contribution is 0.558. The molecule has 0 bridgehead atoms. The number of aromatic nitrogens is 1. The average Bonchev–Trinajstić information content (AvgIpc) is 2.89. The second-order valence-electron chi connectivity index (χ2n) is 5.78.